The van der Waals surface area contributed by atoms with Crippen molar-refractivity contribution in [1.29, 1.82) is 0 Å². The smallest absolute Gasteiger partial charge is 0.387 e. The van der Waals surface area contributed by atoms with Crippen LogP contribution in [0.2, 0.25) is 0 Å². The van der Waals surface area contributed by atoms with Crippen LogP contribution >= 0.6 is 0 Å². The predicted octanol–water partition coefficient (Wildman–Crippen LogP) is 2.73. The van der Waals surface area contributed by atoms with E-state index in [0.29, 0.717) is 6.07 Å². The molecule has 1 rings (SSSR count). The number of alkyl halides is 4. The van der Waals surface area contributed by atoms with E-state index >= 15 is 0 Å². The number of benzene rings is 1. The number of halogens is 5. The second-order valence-corrected chi connectivity index (χ2v) is 2.84. The zero-order valence-corrected chi connectivity index (χ0v) is 7.71. The van der Waals surface area contributed by atoms with E-state index < -0.39 is 36.3 Å². The molecule has 90 valence electrons. The number of hydrogen-bond acceptors (Lipinski definition) is 2. The molecule has 0 aliphatic heterocycles. The highest BCUT2D eigenvalue weighted by Gasteiger charge is 2.23. The molecule has 7 heteroatoms. The molecule has 0 fully saturated rings. The van der Waals surface area contributed by atoms with Crippen LogP contribution < -0.4 is 4.74 Å². The van der Waals surface area contributed by atoms with Crippen molar-refractivity contribution in [2.75, 3.05) is 0 Å². The van der Waals surface area contributed by atoms with Gasteiger partial charge in [-0.3, -0.25) is 0 Å². The van der Waals surface area contributed by atoms with Crippen molar-refractivity contribution in [2.45, 2.75) is 19.1 Å². The van der Waals surface area contributed by atoms with Gasteiger partial charge in [0.25, 0.3) is 6.43 Å². The fourth-order valence-corrected chi connectivity index (χ4v) is 1.06. The second kappa shape index (κ2) is 5.11. The molecule has 0 aromatic heterocycles. The van der Waals surface area contributed by atoms with Gasteiger partial charge in [-0.2, -0.15) is 8.78 Å². The quantitative estimate of drug-likeness (QED) is 0.822. The van der Waals surface area contributed by atoms with Crippen molar-refractivity contribution in [1.82, 2.24) is 0 Å². The lowest BCUT2D eigenvalue weighted by molar-refractivity contribution is -0.0501. The Hall–Kier alpha value is -1.37. The maximum atomic E-state index is 13.1. The molecular weight excluding hydrogens is 235 g/mol. The Morgan fingerprint density at radius 2 is 1.75 bits per heavy atom. The highest BCUT2D eigenvalue weighted by molar-refractivity contribution is 5.30. The lowest BCUT2D eigenvalue weighted by Crippen LogP contribution is -2.10. The number of aliphatic hydroxyl groups is 1. The Morgan fingerprint density at radius 3 is 2.19 bits per heavy atom. The molecule has 0 saturated carbocycles. The van der Waals surface area contributed by atoms with Crippen LogP contribution in [0.4, 0.5) is 22.0 Å². The van der Waals surface area contributed by atoms with Gasteiger partial charge in [0.2, 0.25) is 0 Å². The lowest BCUT2D eigenvalue weighted by atomic mass is 10.1. The standard InChI is InChI=1S/C9H7F5O2/c10-6-3-4(16-9(13)14)1-2-5(6)7(15)8(11)12/h1-3,7-9,15H. The van der Waals surface area contributed by atoms with E-state index in [9.17, 15) is 22.0 Å². The number of rotatable bonds is 4. The van der Waals surface area contributed by atoms with Gasteiger partial charge >= 0.3 is 6.61 Å². The topological polar surface area (TPSA) is 29.5 Å². The summed E-state index contributed by atoms with van der Waals surface area (Å²) < 4.78 is 64.5. The Labute approximate surface area is 87.3 Å². The highest BCUT2D eigenvalue weighted by atomic mass is 19.3. The molecule has 16 heavy (non-hydrogen) atoms. The van der Waals surface area contributed by atoms with Gasteiger partial charge in [0, 0.05) is 11.6 Å². The van der Waals surface area contributed by atoms with E-state index in [4.69, 9.17) is 5.11 Å². The maximum Gasteiger partial charge on any atom is 0.387 e. The van der Waals surface area contributed by atoms with E-state index in [1.165, 1.54) is 0 Å². The molecule has 1 atom stereocenters. The van der Waals surface area contributed by atoms with Crippen molar-refractivity contribution >= 4 is 0 Å². The zero-order chi connectivity index (χ0) is 12.3. The Morgan fingerprint density at radius 1 is 1.12 bits per heavy atom. The van der Waals surface area contributed by atoms with Gasteiger partial charge in [-0.1, -0.05) is 0 Å². The highest BCUT2D eigenvalue weighted by Crippen LogP contribution is 2.26. The van der Waals surface area contributed by atoms with E-state index in [1.54, 1.807) is 0 Å². The first-order valence-electron chi connectivity index (χ1n) is 4.12. The molecular formula is C9H7F5O2. The molecule has 1 N–H and O–H groups in total. The summed E-state index contributed by atoms with van der Waals surface area (Å²) in [6, 6.07) is 2.15. The minimum absolute atomic E-state index is 0.502. The van der Waals surface area contributed by atoms with Crippen LogP contribution in [0, 0.1) is 5.82 Å². The monoisotopic (exact) mass is 242 g/mol. The van der Waals surface area contributed by atoms with E-state index in [1.807, 2.05) is 0 Å². The van der Waals surface area contributed by atoms with Gasteiger partial charge in [-0.05, 0) is 12.1 Å². The first kappa shape index (κ1) is 12.7. The molecule has 1 aromatic carbocycles. The minimum Gasteiger partial charge on any atom is -0.435 e. The van der Waals surface area contributed by atoms with Crippen molar-refractivity contribution < 1.29 is 31.8 Å². The Kier molecular flexibility index (Phi) is 4.05. The fourth-order valence-electron chi connectivity index (χ4n) is 1.06. The van der Waals surface area contributed by atoms with Crippen LogP contribution in [0.1, 0.15) is 11.7 Å². The summed E-state index contributed by atoms with van der Waals surface area (Å²) in [5, 5.41) is 8.87. The molecule has 0 bridgehead atoms. The third-order valence-electron chi connectivity index (χ3n) is 1.75. The van der Waals surface area contributed by atoms with Gasteiger partial charge in [0.1, 0.15) is 17.7 Å². The maximum absolute atomic E-state index is 13.1. The van der Waals surface area contributed by atoms with Crippen LogP contribution in [0.5, 0.6) is 5.75 Å². The molecule has 0 radical (unpaired) electrons. The third kappa shape index (κ3) is 3.06. The third-order valence-corrected chi connectivity index (χ3v) is 1.75. The van der Waals surface area contributed by atoms with Gasteiger partial charge in [-0.25, -0.2) is 13.2 Å². The van der Waals surface area contributed by atoms with E-state index in [0.717, 1.165) is 12.1 Å². The largest absolute Gasteiger partial charge is 0.435 e. The van der Waals surface area contributed by atoms with Gasteiger partial charge in [0.15, 0.2) is 0 Å². The second-order valence-electron chi connectivity index (χ2n) is 2.84. The predicted molar refractivity (Wildman–Crippen MR) is 44.0 cm³/mol. The van der Waals surface area contributed by atoms with Gasteiger partial charge < -0.3 is 9.84 Å². The van der Waals surface area contributed by atoms with Gasteiger partial charge in [0.05, 0.1) is 0 Å². The average Bonchev–Trinajstić information content (AvgIpc) is 2.15. The van der Waals surface area contributed by atoms with E-state index in [2.05, 4.69) is 4.74 Å². The van der Waals surface area contributed by atoms with Crippen molar-refractivity contribution in [3.05, 3.63) is 29.6 Å². The molecule has 1 aromatic rings. The summed E-state index contributed by atoms with van der Waals surface area (Å²) in [4.78, 5) is 0. The van der Waals surface area contributed by atoms with Crippen LogP contribution in [0.15, 0.2) is 18.2 Å². The van der Waals surface area contributed by atoms with Crippen molar-refractivity contribution in [2.24, 2.45) is 0 Å². The van der Waals surface area contributed by atoms with Crippen LogP contribution in [-0.4, -0.2) is 18.1 Å². The first-order chi connectivity index (χ1) is 7.41. The summed E-state index contributed by atoms with van der Waals surface area (Å²) in [5.41, 5.74) is -0.670. The van der Waals surface area contributed by atoms with Crippen LogP contribution in [0.25, 0.3) is 0 Å². The van der Waals surface area contributed by atoms with Gasteiger partial charge in [-0.15, -0.1) is 0 Å². The van der Waals surface area contributed by atoms with Crippen LogP contribution in [0.3, 0.4) is 0 Å². The van der Waals surface area contributed by atoms with Crippen molar-refractivity contribution in [3.8, 4) is 5.75 Å². The summed E-state index contributed by atoms with van der Waals surface area (Å²) in [6.07, 6.45) is -5.45. The minimum atomic E-state index is -3.16. The average molecular weight is 242 g/mol. The lowest BCUT2D eigenvalue weighted by Gasteiger charge is -2.12. The van der Waals surface area contributed by atoms with E-state index in [-0.39, 0.29) is 0 Å². The first-order valence-corrected chi connectivity index (χ1v) is 4.12. The van der Waals surface area contributed by atoms with Crippen molar-refractivity contribution in [3.63, 3.8) is 0 Å². The number of ether oxygens (including phenoxy) is 1. The number of hydrogen-bond donors (Lipinski definition) is 1. The summed E-state index contributed by atoms with van der Waals surface area (Å²) in [5.74, 6) is -1.73. The summed E-state index contributed by atoms with van der Waals surface area (Å²) >= 11 is 0. The molecule has 0 aliphatic carbocycles. The molecule has 0 saturated heterocycles. The zero-order valence-electron chi connectivity index (χ0n) is 7.71. The summed E-state index contributed by atoms with van der Waals surface area (Å²) in [7, 11) is 0. The molecule has 0 amide bonds. The molecule has 0 heterocycles. The molecule has 0 spiro atoms. The normalized spacial score (nSPS) is 13.2. The molecule has 0 aliphatic rings. The Balaban J connectivity index is 2.91. The fraction of sp³-hybridized carbons (Fsp3) is 0.333. The summed E-state index contributed by atoms with van der Waals surface area (Å²) in [6.45, 7) is -3.13. The van der Waals surface area contributed by atoms with Crippen LogP contribution in [-0.2, 0) is 0 Å². The molecule has 1 unspecified atom stereocenters. The SMILES string of the molecule is OC(c1ccc(OC(F)F)cc1F)C(F)F. The number of aliphatic hydroxyl groups excluding tert-OH is 1. The molecule has 2 nitrogen and oxygen atoms in total. The Bertz CT molecular complexity index is 356.